The second kappa shape index (κ2) is 6.86. The van der Waals surface area contributed by atoms with Gasteiger partial charge in [0.15, 0.2) is 0 Å². The van der Waals surface area contributed by atoms with E-state index < -0.39 is 5.56 Å². The number of nitrogens with one attached hydrogen (secondary N) is 1. The SMILES string of the molecule is COCCn1nc(-c2ccccc2OC)cc(C(=N)N)c1=O. The summed E-state index contributed by atoms with van der Waals surface area (Å²) in [6.07, 6.45) is 0. The van der Waals surface area contributed by atoms with E-state index in [1.807, 2.05) is 18.2 Å². The van der Waals surface area contributed by atoms with Crippen LogP contribution in [0.2, 0.25) is 0 Å². The van der Waals surface area contributed by atoms with Gasteiger partial charge in [0.05, 0.1) is 31.5 Å². The first-order valence-electron chi connectivity index (χ1n) is 6.67. The molecular formula is C15H18N4O3. The Balaban J connectivity index is 2.63. The van der Waals surface area contributed by atoms with Crippen LogP contribution in [0.1, 0.15) is 5.56 Å². The lowest BCUT2D eigenvalue weighted by molar-refractivity contribution is 0.182. The van der Waals surface area contributed by atoms with Crippen LogP contribution in [-0.4, -0.2) is 36.4 Å². The van der Waals surface area contributed by atoms with Crippen LogP contribution >= 0.6 is 0 Å². The summed E-state index contributed by atoms with van der Waals surface area (Å²) >= 11 is 0. The first-order valence-corrected chi connectivity index (χ1v) is 6.67. The lowest BCUT2D eigenvalue weighted by Gasteiger charge is -2.12. The quantitative estimate of drug-likeness (QED) is 0.608. The Bertz CT molecular complexity index is 740. The summed E-state index contributed by atoms with van der Waals surface area (Å²) in [5, 5.41) is 11.9. The highest BCUT2D eigenvalue weighted by Crippen LogP contribution is 2.27. The largest absolute Gasteiger partial charge is 0.496 e. The average Bonchev–Trinajstić information content (AvgIpc) is 2.53. The molecule has 22 heavy (non-hydrogen) atoms. The molecule has 0 fully saturated rings. The van der Waals surface area contributed by atoms with E-state index in [9.17, 15) is 4.79 Å². The Morgan fingerprint density at radius 2 is 2.09 bits per heavy atom. The van der Waals surface area contributed by atoms with E-state index in [0.29, 0.717) is 18.1 Å². The molecule has 0 unspecified atom stereocenters. The predicted octanol–water partition coefficient (Wildman–Crippen LogP) is 0.849. The van der Waals surface area contributed by atoms with E-state index >= 15 is 0 Å². The number of methoxy groups -OCH3 is 2. The zero-order valence-corrected chi connectivity index (χ0v) is 12.5. The number of nitrogens with two attached hydrogens (primary N) is 1. The van der Waals surface area contributed by atoms with Gasteiger partial charge in [-0.3, -0.25) is 10.2 Å². The average molecular weight is 302 g/mol. The van der Waals surface area contributed by atoms with Crippen molar-refractivity contribution in [2.24, 2.45) is 5.73 Å². The molecule has 0 aliphatic heterocycles. The molecule has 0 bridgehead atoms. The molecule has 116 valence electrons. The molecule has 1 heterocycles. The number of amidine groups is 1. The number of benzene rings is 1. The van der Waals surface area contributed by atoms with Crippen LogP contribution in [0.5, 0.6) is 5.75 Å². The molecule has 2 aromatic rings. The molecule has 0 atom stereocenters. The highest BCUT2D eigenvalue weighted by atomic mass is 16.5. The van der Waals surface area contributed by atoms with Gasteiger partial charge in [0, 0.05) is 12.7 Å². The number of aromatic nitrogens is 2. The summed E-state index contributed by atoms with van der Waals surface area (Å²) in [5.41, 5.74) is 6.43. The van der Waals surface area contributed by atoms with Crippen molar-refractivity contribution in [1.29, 1.82) is 5.41 Å². The third kappa shape index (κ3) is 3.15. The van der Waals surface area contributed by atoms with E-state index in [4.69, 9.17) is 20.6 Å². The number of hydrogen-bond acceptors (Lipinski definition) is 5. The van der Waals surface area contributed by atoms with E-state index in [1.165, 1.54) is 10.7 Å². The fourth-order valence-electron chi connectivity index (χ4n) is 2.05. The maximum Gasteiger partial charge on any atom is 0.277 e. The monoisotopic (exact) mass is 302 g/mol. The molecule has 0 saturated carbocycles. The van der Waals surface area contributed by atoms with Crippen molar-refractivity contribution in [3.63, 3.8) is 0 Å². The minimum Gasteiger partial charge on any atom is -0.496 e. The molecule has 1 aromatic carbocycles. The number of nitrogen functional groups attached to an aromatic ring is 1. The summed E-state index contributed by atoms with van der Waals surface area (Å²) < 4.78 is 11.5. The van der Waals surface area contributed by atoms with E-state index in [0.717, 1.165) is 5.56 Å². The van der Waals surface area contributed by atoms with Crippen LogP contribution in [-0.2, 0) is 11.3 Å². The van der Waals surface area contributed by atoms with Crippen molar-refractivity contribution < 1.29 is 9.47 Å². The minimum atomic E-state index is -0.414. The zero-order chi connectivity index (χ0) is 16.1. The first kappa shape index (κ1) is 15.7. The molecular weight excluding hydrogens is 284 g/mol. The topological polar surface area (TPSA) is 103 Å². The Labute approximate surface area is 127 Å². The van der Waals surface area contributed by atoms with Crippen LogP contribution in [0.15, 0.2) is 35.1 Å². The lowest BCUT2D eigenvalue weighted by Crippen LogP contribution is -2.32. The van der Waals surface area contributed by atoms with Crippen LogP contribution in [0.3, 0.4) is 0 Å². The van der Waals surface area contributed by atoms with Crippen LogP contribution in [0.4, 0.5) is 0 Å². The van der Waals surface area contributed by atoms with Crippen LogP contribution < -0.4 is 16.0 Å². The van der Waals surface area contributed by atoms with Gasteiger partial charge in [-0.2, -0.15) is 5.10 Å². The Morgan fingerprint density at radius 3 is 2.73 bits per heavy atom. The second-order valence-corrected chi connectivity index (χ2v) is 4.58. The molecule has 0 amide bonds. The number of rotatable bonds is 6. The standard InChI is InChI=1S/C15H18N4O3/c1-21-8-7-19-15(20)11(14(16)17)9-12(18-19)10-5-3-4-6-13(10)22-2/h3-6,9H,7-8H2,1-2H3,(H3,16,17). The smallest absolute Gasteiger partial charge is 0.277 e. The Hall–Kier alpha value is -2.67. The van der Waals surface area contributed by atoms with Gasteiger partial charge in [-0.1, -0.05) is 12.1 Å². The number of nitrogens with zero attached hydrogens (tertiary/aromatic N) is 2. The molecule has 0 saturated heterocycles. The third-order valence-electron chi connectivity index (χ3n) is 3.15. The third-order valence-corrected chi connectivity index (χ3v) is 3.15. The predicted molar refractivity (Wildman–Crippen MR) is 83.4 cm³/mol. The van der Waals surface area contributed by atoms with Gasteiger partial charge in [-0.05, 0) is 18.2 Å². The van der Waals surface area contributed by atoms with Crippen molar-refractivity contribution in [3.8, 4) is 17.0 Å². The van der Waals surface area contributed by atoms with Gasteiger partial charge in [0.25, 0.3) is 5.56 Å². The van der Waals surface area contributed by atoms with Gasteiger partial charge in [-0.15, -0.1) is 0 Å². The molecule has 0 spiro atoms. The van der Waals surface area contributed by atoms with Crippen molar-refractivity contribution in [2.75, 3.05) is 20.8 Å². The summed E-state index contributed by atoms with van der Waals surface area (Å²) in [4.78, 5) is 12.2. The van der Waals surface area contributed by atoms with Gasteiger partial charge in [-0.25, -0.2) is 4.68 Å². The Morgan fingerprint density at radius 1 is 1.36 bits per heavy atom. The first-order chi connectivity index (χ1) is 10.6. The molecule has 1 aromatic heterocycles. The van der Waals surface area contributed by atoms with E-state index in [1.54, 1.807) is 20.3 Å². The van der Waals surface area contributed by atoms with Crippen LogP contribution in [0.25, 0.3) is 11.3 Å². The molecule has 7 nitrogen and oxygen atoms in total. The molecule has 3 N–H and O–H groups in total. The maximum atomic E-state index is 12.2. The molecule has 0 aliphatic rings. The molecule has 2 rings (SSSR count). The van der Waals surface area contributed by atoms with E-state index in [-0.39, 0.29) is 17.9 Å². The van der Waals surface area contributed by atoms with Crippen LogP contribution in [0, 0.1) is 5.41 Å². The fraction of sp³-hybridized carbons (Fsp3) is 0.267. The van der Waals surface area contributed by atoms with Gasteiger partial charge < -0.3 is 15.2 Å². The highest BCUT2D eigenvalue weighted by molar-refractivity contribution is 5.95. The molecule has 7 heteroatoms. The summed E-state index contributed by atoms with van der Waals surface area (Å²) in [5.74, 6) is 0.330. The van der Waals surface area contributed by atoms with Gasteiger partial charge in [0.2, 0.25) is 0 Å². The maximum absolute atomic E-state index is 12.2. The normalized spacial score (nSPS) is 10.5. The second-order valence-electron chi connectivity index (χ2n) is 4.58. The molecule has 0 aliphatic carbocycles. The lowest BCUT2D eigenvalue weighted by atomic mass is 10.1. The highest BCUT2D eigenvalue weighted by Gasteiger charge is 2.14. The van der Waals surface area contributed by atoms with Crippen molar-refractivity contribution in [1.82, 2.24) is 9.78 Å². The number of hydrogen-bond donors (Lipinski definition) is 2. The summed E-state index contributed by atoms with van der Waals surface area (Å²) in [7, 11) is 3.10. The summed E-state index contributed by atoms with van der Waals surface area (Å²) in [6.45, 7) is 0.609. The zero-order valence-electron chi connectivity index (χ0n) is 12.5. The van der Waals surface area contributed by atoms with Crippen molar-refractivity contribution in [3.05, 3.63) is 46.2 Å². The van der Waals surface area contributed by atoms with Gasteiger partial charge in [0.1, 0.15) is 11.6 Å². The van der Waals surface area contributed by atoms with Gasteiger partial charge >= 0.3 is 0 Å². The minimum absolute atomic E-state index is 0.104. The number of para-hydroxylation sites is 1. The fourth-order valence-corrected chi connectivity index (χ4v) is 2.05. The summed E-state index contributed by atoms with van der Waals surface area (Å²) in [6, 6.07) is 8.82. The number of ether oxygens (including phenoxy) is 2. The van der Waals surface area contributed by atoms with Crippen molar-refractivity contribution in [2.45, 2.75) is 6.54 Å². The van der Waals surface area contributed by atoms with Crippen molar-refractivity contribution >= 4 is 5.84 Å². The van der Waals surface area contributed by atoms with E-state index in [2.05, 4.69) is 5.10 Å². The Kier molecular flexibility index (Phi) is 4.90. The molecule has 0 radical (unpaired) electrons.